The van der Waals surface area contributed by atoms with Crippen molar-refractivity contribution >= 4 is 130 Å². The average Bonchev–Trinajstić information content (AvgIpc) is 1.55. The number of nitrogens with zero attached hydrogens (tertiary/aromatic N) is 8. The van der Waals surface area contributed by atoms with Crippen LogP contribution in [0.5, 0.6) is 0 Å². The van der Waals surface area contributed by atoms with Crippen LogP contribution in [0.25, 0.3) is 249 Å². The first-order valence-corrected chi connectivity index (χ1v) is 49.9. The van der Waals surface area contributed by atoms with E-state index in [1.54, 1.807) is 0 Å². The van der Waals surface area contributed by atoms with Gasteiger partial charge in [-0.3, -0.25) is 13.7 Å². The van der Waals surface area contributed by atoms with E-state index < -0.39 is 0 Å². The van der Waals surface area contributed by atoms with E-state index in [0.717, 1.165) is 89.9 Å². The Morgan fingerprint density at radius 1 is 0.181 bits per heavy atom. The molecule has 144 heavy (non-hydrogen) atoms. The Hall–Kier alpha value is -18.1. The molecule has 8 nitrogen and oxygen atoms in total. The molecule has 0 N–H and O–H groups in total. The van der Waals surface area contributed by atoms with Gasteiger partial charge in [-0.15, -0.1) is 0 Å². The summed E-state index contributed by atoms with van der Waals surface area (Å²) in [5.74, 6) is 3.14. The number of hydrogen-bond acceptors (Lipinski definition) is 5. The second-order valence-electron chi connectivity index (χ2n) is 40.4. The lowest BCUT2D eigenvalue weighted by molar-refractivity contribution is 0.645. The van der Waals surface area contributed by atoms with Crippen LogP contribution < -0.4 is 0 Å². The van der Waals surface area contributed by atoms with E-state index in [2.05, 4.69) is 492 Å². The summed E-state index contributed by atoms with van der Waals surface area (Å²) >= 11 is 0. The normalized spacial score (nSPS) is 13.4. The Morgan fingerprint density at radius 2 is 0.472 bits per heavy atom. The molecule has 0 radical (unpaired) electrons. The molecule has 0 spiro atoms. The Labute approximate surface area is 833 Å². The van der Waals surface area contributed by atoms with E-state index >= 15 is 0 Å². The number of benzene rings is 21. The highest BCUT2D eigenvalue weighted by Crippen LogP contribution is 2.59. The molecular formula is C136H94N8. The first-order valence-electron chi connectivity index (χ1n) is 49.9. The lowest BCUT2D eigenvalue weighted by Crippen LogP contribution is -2.23. The third-order valence-electron chi connectivity index (χ3n) is 31.3. The van der Waals surface area contributed by atoms with Crippen LogP contribution >= 0.6 is 0 Å². The lowest BCUT2D eigenvalue weighted by Gasteiger charge is -2.35. The molecule has 6 heterocycles. The highest BCUT2D eigenvalue weighted by Gasteiger charge is 2.40. The minimum Gasteiger partial charge on any atom is -0.293 e. The van der Waals surface area contributed by atoms with Crippen molar-refractivity contribution in [1.82, 2.24) is 38.6 Å². The lowest BCUT2D eigenvalue weighted by atomic mass is 9.68. The maximum absolute atomic E-state index is 5.48. The van der Waals surface area contributed by atoms with Gasteiger partial charge >= 0.3 is 0 Å². The van der Waals surface area contributed by atoms with Gasteiger partial charge in [-0.2, -0.15) is 0 Å². The smallest absolute Gasteiger partial charge is 0.235 e. The van der Waals surface area contributed by atoms with Gasteiger partial charge < -0.3 is 0 Å². The number of hydrogen-bond donors (Lipinski definition) is 0. The molecular weight excluding hydrogens is 1750 g/mol. The van der Waals surface area contributed by atoms with Crippen molar-refractivity contribution in [3.8, 4) is 119 Å². The molecule has 0 amide bonds. The fourth-order valence-electron chi connectivity index (χ4n) is 24.6. The predicted molar refractivity (Wildman–Crippen MR) is 602 cm³/mol. The summed E-state index contributed by atoms with van der Waals surface area (Å²) in [6.45, 7) is 14.2. The van der Waals surface area contributed by atoms with Crippen LogP contribution in [0, 0.1) is 0 Å². The Bertz CT molecular complexity index is 8950. The maximum Gasteiger partial charge on any atom is 0.235 e. The Kier molecular flexibility index (Phi) is 19.0. The minimum atomic E-state index is -0.125. The molecule has 30 rings (SSSR count). The van der Waals surface area contributed by atoms with Gasteiger partial charge in [0.25, 0.3) is 0 Å². The zero-order valence-corrected chi connectivity index (χ0v) is 80.5. The van der Waals surface area contributed by atoms with Crippen LogP contribution in [0.15, 0.2) is 461 Å². The van der Waals surface area contributed by atoms with Crippen LogP contribution in [0.1, 0.15) is 74.9 Å². The van der Waals surface area contributed by atoms with Gasteiger partial charge in [0.2, 0.25) is 5.95 Å². The Balaban J connectivity index is 0.000000105. The SMILES string of the molecule is CC1(C)c2ccccc2-c2c3c1cccc3cc1c2c2ccc3ccccc3c2n1-c1cc(-c2ccccc2)cc(-c2ccccc2)n1.CC1(C)c2ccccc2-c2c3c1cccc3cc1c2c2ccc3ccccc3c2n1-c1cc(-c2ccccc2)nc(-c2ccccc2)n1.CC1(C)c2ccccc2-c2c3c1cccc3cc1c2c2ccc3ccccc3c2n1-c1nc(-c2ccccc2)cc(-c2ccccc2)n1. The first kappa shape index (κ1) is 84.0. The van der Waals surface area contributed by atoms with Gasteiger partial charge in [0.15, 0.2) is 5.82 Å². The van der Waals surface area contributed by atoms with Crippen molar-refractivity contribution in [2.45, 2.75) is 57.8 Å². The van der Waals surface area contributed by atoms with E-state index in [9.17, 15) is 0 Å². The molecule has 0 saturated heterocycles. The standard InChI is InChI=1S/C46H32N2.2C45H31N3/c1-46(2)37-22-12-11-21-35(37)44-42-32(19-13-23-38(42)46)27-40-43(44)36-25-24-30-16-9-10-20-34(30)45(36)48(40)41-28-33(29-14-5-3-6-15-29)26-39(47-41)31-17-7-4-8-18-31;1-45(2)35-22-12-11-21-33(35)42-40-31(19-13-23-36(40)45)26-39-41(42)34-25-24-28-14-9-10-20-32(28)43(34)48(39)44-46-37(29-15-5-3-6-16-29)27-38(47-44)30-17-7-4-8-18-30;1-45(2)35-22-12-11-21-33(35)42-40-31(19-13-23-36(40)45)26-38-41(42)34-25-24-28-14-9-10-20-32(28)43(34)48(38)39-27-37(29-15-5-3-6-16-29)46-44(47-39)30-17-7-4-8-18-30/h3-28H,1-2H3;2*3-27H,1-2H3. The Morgan fingerprint density at radius 3 is 0.854 bits per heavy atom. The van der Waals surface area contributed by atoms with Crippen molar-refractivity contribution in [2.24, 2.45) is 0 Å². The zero-order valence-electron chi connectivity index (χ0n) is 80.5. The van der Waals surface area contributed by atoms with Gasteiger partial charge in [0.1, 0.15) is 11.6 Å². The third-order valence-corrected chi connectivity index (χ3v) is 31.3. The van der Waals surface area contributed by atoms with Crippen LogP contribution in [0.4, 0.5) is 0 Å². The van der Waals surface area contributed by atoms with Crippen LogP contribution in [0.2, 0.25) is 0 Å². The molecule has 3 aliphatic carbocycles. The summed E-state index contributed by atoms with van der Waals surface area (Å²) in [5.41, 5.74) is 33.9. The number of fused-ring (bicyclic) bond motifs is 24. The van der Waals surface area contributed by atoms with Crippen molar-refractivity contribution in [1.29, 1.82) is 0 Å². The van der Waals surface area contributed by atoms with E-state index in [1.807, 2.05) is 24.3 Å². The van der Waals surface area contributed by atoms with Crippen LogP contribution in [-0.2, 0) is 16.2 Å². The second kappa shape index (κ2) is 32.5. The average molecular weight is 1840 g/mol. The minimum absolute atomic E-state index is 0.113. The molecule has 0 saturated carbocycles. The third kappa shape index (κ3) is 12.9. The van der Waals surface area contributed by atoms with Gasteiger partial charge in [0, 0.05) is 115 Å². The highest BCUT2D eigenvalue weighted by molar-refractivity contribution is 6.32. The predicted octanol–water partition coefficient (Wildman–Crippen LogP) is 35.2. The molecule has 0 unspecified atom stereocenters. The number of rotatable bonds is 9. The summed E-state index contributed by atoms with van der Waals surface area (Å²) in [6.07, 6.45) is 0. The van der Waals surface area contributed by atoms with Gasteiger partial charge in [0.05, 0.1) is 55.9 Å². The molecule has 21 aromatic carbocycles. The maximum atomic E-state index is 5.48. The fourth-order valence-corrected chi connectivity index (χ4v) is 24.6. The molecule has 0 aliphatic heterocycles. The monoisotopic (exact) mass is 1840 g/mol. The number of pyridine rings is 1. The second-order valence-corrected chi connectivity index (χ2v) is 40.4. The topological polar surface area (TPSA) is 79.2 Å². The molecule has 3 aliphatic rings. The summed E-state index contributed by atoms with van der Waals surface area (Å²) in [7, 11) is 0. The fraction of sp³-hybridized carbons (Fsp3) is 0.0662. The molecule has 0 bridgehead atoms. The summed E-state index contributed by atoms with van der Waals surface area (Å²) < 4.78 is 7.17. The van der Waals surface area contributed by atoms with Crippen molar-refractivity contribution in [3.63, 3.8) is 0 Å². The van der Waals surface area contributed by atoms with Gasteiger partial charge in [-0.05, 0) is 146 Å². The van der Waals surface area contributed by atoms with E-state index in [4.69, 9.17) is 24.9 Å². The summed E-state index contributed by atoms with van der Waals surface area (Å²) in [6, 6.07) is 166. The number of aromatic nitrogens is 8. The van der Waals surface area contributed by atoms with Crippen LogP contribution in [0.3, 0.4) is 0 Å². The molecule has 8 heteroatoms. The van der Waals surface area contributed by atoms with Crippen LogP contribution in [-0.4, -0.2) is 38.6 Å². The summed E-state index contributed by atoms with van der Waals surface area (Å²) in [5, 5.41) is 22.5. The first-order chi connectivity index (χ1) is 70.7. The molecule has 678 valence electrons. The van der Waals surface area contributed by atoms with Crippen molar-refractivity contribution in [2.75, 3.05) is 0 Å². The van der Waals surface area contributed by atoms with Gasteiger partial charge in [-0.25, -0.2) is 24.9 Å². The van der Waals surface area contributed by atoms with E-state index in [0.29, 0.717) is 11.8 Å². The van der Waals surface area contributed by atoms with E-state index in [-0.39, 0.29) is 16.2 Å². The van der Waals surface area contributed by atoms with Gasteiger partial charge in [-0.1, -0.05) is 460 Å². The summed E-state index contributed by atoms with van der Waals surface area (Å²) in [4.78, 5) is 26.7. The molecule has 0 fully saturated rings. The molecule has 6 aromatic heterocycles. The largest absolute Gasteiger partial charge is 0.293 e. The van der Waals surface area contributed by atoms with E-state index in [1.165, 1.54) is 180 Å². The highest BCUT2D eigenvalue weighted by atomic mass is 15.2. The zero-order chi connectivity index (χ0) is 96.0. The molecule has 0 atom stereocenters. The molecule has 27 aromatic rings. The van der Waals surface area contributed by atoms with Crippen molar-refractivity contribution < 1.29 is 0 Å². The van der Waals surface area contributed by atoms with Crippen molar-refractivity contribution in [3.05, 3.63) is 494 Å². The quantitative estimate of drug-likeness (QED) is 0.144.